The molecule has 0 aliphatic rings. The highest BCUT2D eigenvalue weighted by molar-refractivity contribution is 7.92. The molecule has 0 aliphatic carbocycles. The van der Waals surface area contributed by atoms with E-state index in [1.54, 1.807) is 43.3 Å². The molecule has 0 heterocycles. The van der Waals surface area contributed by atoms with E-state index in [1.165, 1.54) is 31.3 Å². The van der Waals surface area contributed by atoms with Crippen LogP contribution < -0.4 is 19.1 Å². The summed E-state index contributed by atoms with van der Waals surface area (Å²) in [7, 11) is -1.30. The minimum atomic E-state index is -4.23. The first kappa shape index (κ1) is 29.5. The van der Waals surface area contributed by atoms with E-state index in [4.69, 9.17) is 9.47 Å². The standard InChI is InChI=1S/C29H35N3O6S/c1-5-25(29(34)30-6-2)31(20-22-12-8-7-9-13-22)28(33)21-32(26-14-10-11-15-27(26)38-4)39(35,36)24-18-16-23(37-3)17-19-24/h7-19,25H,5-6,20-21H2,1-4H3,(H,30,34)/t25-/m1/s1. The molecule has 0 aromatic heterocycles. The Morgan fingerprint density at radius 2 is 1.51 bits per heavy atom. The van der Waals surface area contributed by atoms with Crippen molar-refractivity contribution < 1.29 is 27.5 Å². The third-order valence-electron chi connectivity index (χ3n) is 6.21. The topological polar surface area (TPSA) is 105 Å². The lowest BCUT2D eigenvalue weighted by Gasteiger charge is -2.33. The van der Waals surface area contributed by atoms with Gasteiger partial charge in [0.05, 0.1) is 24.8 Å². The lowest BCUT2D eigenvalue weighted by molar-refractivity contribution is -0.140. The van der Waals surface area contributed by atoms with Crippen LogP contribution in [0.5, 0.6) is 11.5 Å². The summed E-state index contributed by atoms with van der Waals surface area (Å²) >= 11 is 0. The molecule has 3 aromatic carbocycles. The highest BCUT2D eigenvalue weighted by Gasteiger charge is 2.34. The first-order valence-corrected chi connectivity index (χ1v) is 14.1. The van der Waals surface area contributed by atoms with Crippen molar-refractivity contribution in [1.82, 2.24) is 10.2 Å². The molecule has 0 bridgehead atoms. The van der Waals surface area contributed by atoms with Crippen molar-refractivity contribution in [1.29, 1.82) is 0 Å². The number of hydrogen-bond donors (Lipinski definition) is 1. The minimum absolute atomic E-state index is 0.0209. The van der Waals surface area contributed by atoms with Crippen LogP contribution in [0.15, 0.2) is 83.8 Å². The van der Waals surface area contributed by atoms with Crippen LogP contribution in [0.25, 0.3) is 0 Å². The smallest absolute Gasteiger partial charge is 0.264 e. The first-order valence-electron chi connectivity index (χ1n) is 12.7. The Morgan fingerprint density at radius 1 is 0.872 bits per heavy atom. The molecular weight excluding hydrogens is 518 g/mol. The molecule has 0 unspecified atom stereocenters. The average molecular weight is 554 g/mol. The van der Waals surface area contributed by atoms with Crippen LogP contribution in [-0.4, -0.2) is 58.5 Å². The van der Waals surface area contributed by atoms with E-state index in [-0.39, 0.29) is 28.8 Å². The molecule has 0 radical (unpaired) electrons. The predicted molar refractivity (Wildman–Crippen MR) is 150 cm³/mol. The van der Waals surface area contributed by atoms with Gasteiger partial charge < -0.3 is 19.7 Å². The molecule has 208 valence electrons. The third-order valence-corrected chi connectivity index (χ3v) is 7.99. The van der Waals surface area contributed by atoms with Crippen LogP contribution in [0, 0.1) is 0 Å². The van der Waals surface area contributed by atoms with Crippen LogP contribution in [0.4, 0.5) is 5.69 Å². The number of methoxy groups -OCH3 is 2. The molecule has 0 saturated heterocycles. The van der Waals surface area contributed by atoms with Gasteiger partial charge in [0.15, 0.2) is 0 Å². The van der Waals surface area contributed by atoms with E-state index >= 15 is 0 Å². The van der Waals surface area contributed by atoms with Crippen molar-refractivity contribution in [3.63, 3.8) is 0 Å². The van der Waals surface area contributed by atoms with Crippen LogP contribution >= 0.6 is 0 Å². The van der Waals surface area contributed by atoms with E-state index in [2.05, 4.69) is 5.32 Å². The van der Waals surface area contributed by atoms with Gasteiger partial charge in [0.1, 0.15) is 24.1 Å². The number of rotatable bonds is 13. The summed E-state index contributed by atoms with van der Waals surface area (Å²) < 4.78 is 39.6. The van der Waals surface area contributed by atoms with Gasteiger partial charge >= 0.3 is 0 Å². The van der Waals surface area contributed by atoms with Crippen molar-refractivity contribution in [2.45, 2.75) is 37.8 Å². The van der Waals surface area contributed by atoms with E-state index in [0.29, 0.717) is 18.7 Å². The molecule has 3 aromatic rings. The van der Waals surface area contributed by atoms with Crippen LogP contribution in [0.3, 0.4) is 0 Å². The predicted octanol–water partition coefficient (Wildman–Crippen LogP) is 3.84. The van der Waals surface area contributed by atoms with Gasteiger partial charge in [-0.2, -0.15) is 0 Å². The van der Waals surface area contributed by atoms with Crippen LogP contribution in [0.1, 0.15) is 25.8 Å². The summed E-state index contributed by atoms with van der Waals surface area (Å²) in [6, 6.07) is 21.0. The molecule has 39 heavy (non-hydrogen) atoms. The van der Waals surface area contributed by atoms with Crippen LogP contribution in [-0.2, 0) is 26.2 Å². The molecule has 0 spiro atoms. The Labute approximate surface area is 230 Å². The fourth-order valence-corrected chi connectivity index (χ4v) is 5.64. The monoisotopic (exact) mass is 553 g/mol. The summed E-state index contributed by atoms with van der Waals surface area (Å²) in [6.45, 7) is 3.62. The van der Waals surface area contributed by atoms with Crippen molar-refractivity contribution in [2.75, 3.05) is 31.6 Å². The van der Waals surface area contributed by atoms with Gasteiger partial charge in [0.2, 0.25) is 11.8 Å². The molecule has 0 saturated carbocycles. The third kappa shape index (κ3) is 7.08. The molecule has 9 nitrogen and oxygen atoms in total. The minimum Gasteiger partial charge on any atom is -0.497 e. The van der Waals surface area contributed by atoms with Crippen LogP contribution in [0.2, 0.25) is 0 Å². The summed E-state index contributed by atoms with van der Waals surface area (Å²) in [5, 5.41) is 2.79. The zero-order chi connectivity index (χ0) is 28.4. The SMILES string of the molecule is CCNC(=O)[C@@H](CC)N(Cc1ccccc1)C(=O)CN(c1ccccc1OC)S(=O)(=O)c1ccc(OC)cc1. The number of anilines is 1. The van der Waals surface area contributed by atoms with Crippen molar-refractivity contribution in [2.24, 2.45) is 0 Å². The van der Waals surface area contributed by atoms with Gasteiger partial charge in [0.25, 0.3) is 10.0 Å². The number of hydrogen-bond acceptors (Lipinski definition) is 6. The van der Waals surface area contributed by atoms with E-state index in [1.807, 2.05) is 37.3 Å². The summed E-state index contributed by atoms with van der Waals surface area (Å²) in [5.74, 6) is -0.0468. The highest BCUT2D eigenvalue weighted by atomic mass is 32.2. The second-order valence-electron chi connectivity index (χ2n) is 8.68. The summed E-state index contributed by atoms with van der Waals surface area (Å²) in [4.78, 5) is 28.4. The zero-order valence-corrected chi connectivity index (χ0v) is 23.5. The summed E-state index contributed by atoms with van der Waals surface area (Å²) in [5.41, 5.74) is 1.02. The first-order chi connectivity index (χ1) is 18.8. The molecule has 3 rings (SSSR count). The Kier molecular flexibility index (Phi) is 10.3. The quantitative estimate of drug-likeness (QED) is 0.345. The Morgan fingerprint density at radius 3 is 2.10 bits per heavy atom. The van der Waals surface area contributed by atoms with Gasteiger partial charge in [0, 0.05) is 13.1 Å². The Balaban J connectivity index is 2.09. The lowest BCUT2D eigenvalue weighted by atomic mass is 10.1. The van der Waals surface area contributed by atoms with Gasteiger partial charge in [-0.25, -0.2) is 8.42 Å². The lowest BCUT2D eigenvalue weighted by Crippen LogP contribution is -2.52. The maximum Gasteiger partial charge on any atom is 0.264 e. The molecule has 10 heteroatoms. The number of likely N-dealkylation sites (N-methyl/N-ethyl adjacent to an activating group) is 1. The van der Waals surface area contributed by atoms with Gasteiger partial charge in [-0.1, -0.05) is 49.4 Å². The number of amides is 2. The average Bonchev–Trinajstić information content (AvgIpc) is 2.96. The fraction of sp³-hybridized carbons (Fsp3) is 0.310. The number of nitrogens with zero attached hydrogens (tertiary/aromatic N) is 2. The Bertz CT molecular complexity index is 1350. The number of para-hydroxylation sites is 2. The number of sulfonamides is 1. The van der Waals surface area contributed by atoms with Gasteiger partial charge in [-0.3, -0.25) is 13.9 Å². The van der Waals surface area contributed by atoms with E-state index < -0.39 is 28.5 Å². The maximum absolute atomic E-state index is 14.0. The molecule has 2 amide bonds. The Hall–Kier alpha value is -4.05. The fourth-order valence-electron chi connectivity index (χ4n) is 4.22. The molecule has 0 fully saturated rings. The van der Waals surface area contributed by atoms with E-state index in [0.717, 1.165) is 9.87 Å². The molecule has 0 aliphatic heterocycles. The molecular formula is C29H35N3O6S. The second-order valence-corrected chi connectivity index (χ2v) is 10.5. The van der Waals surface area contributed by atoms with E-state index in [9.17, 15) is 18.0 Å². The van der Waals surface area contributed by atoms with Gasteiger partial charge in [-0.05, 0) is 55.3 Å². The highest BCUT2D eigenvalue weighted by Crippen LogP contribution is 2.33. The van der Waals surface area contributed by atoms with Gasteiger partial charge in [-0.15, -0.1) is 0 Å². The maximum atomic E-state index is 14.0. The number of carbonyl (C=O) groups excluding carboxylic acids is 2. The number of carbonyl (C=O) groups is 2. The number of benzene rings is 3. The van der Waals surface area contributed by atoms with Crippen molar-refractivity contribution >= 4 is 27.5 Å². The van der Waals surface area contributed by atoms with Crippen molar-refractivity contribution in [3.8, 4) is 11.5 Å². The zero-order valence-electron chi connectivity index (χ0n) is 22.7. The largest absolute Gasteiger partial charge is 0.497 e. The number of nitrogens with one attached hydrogen (secondary N) is 1. The molecule has 1 N–H and O–H groups in total. The van der Waals surface area contributed by atoms with Crippen molar-refractivity contribution in [3.05, 3.63) is 84.4 Å². The summed E-state index contributed by atoms with van der Waals surface area (Å²) in [6.07, 6.45) is 0.351. The second kappa shape index (κ2) is 13.7. The molecule has 1 atom stereocenters. The normalized spacial score (nSPS) is 11.8. The number of ether oxygens (including phenoxy) is 2.